The minimum absolute atomic E-state index is 0.0284. The van der Waals surface area contributed by atoms with Crippen LogP contribution in [0, 0.1) is 6.92 Å². The molecule has 3 aliphatic rings. The summed E-state index contributed by atoms with van der Waals surface area (Å²) in [6, 6.07) is 37.6. The van der Waals surface area contributed by atoms with E-state index in [1.165, 1.54) is 89.1 Å². The van der Waals surface area contributed by atoms with Crippen LogP contribution < -0.4 is 15.8 Å². The summed E-state index contributed by atoms with van der Waals surface area (Å²) in [4.78, 5) is 2.55. The Morgan fingerprint density at radius 2 is 1.32 bits per heavy atom. The summed E-state index contributed by atoms with van der Waals surface area (Å²) in [5.74, 6) is 0. The fraction of sp³-hybridized carbons (Fsp3) is 0.273. The second kappa shape index (κ2) is 9.10. The maximum atomic E-state index is 2.77. The number of aryl methyl sites for hydroxylation is 1. The molecular formula is C44H43BN2. The van der Waals surface area contributed by atoms with Crippen LogP contribution in [-0.2, 0) is 16.2 Å². The van der Waals surface area contributed by atoms with Crippen molar-refractivity contribution in [2.45, 2.75) is 78.6 Å². The monoisotopic (exact) mass is 610 g/mol. The summed E-state index contributed by atoms with van der Waals surface area (Å²) in [6.45, 7) is 21.1. The van der Waals surface area contributed by atoms with Gasteiger partial charge in [-0.2, -0.15) is 0 Å². The molecular weight excluding hydrogens is 567 g/mol. The van der Waals surface area contributed by atoms with Crippen molar-refractivity contribution in [3.05, 3.63) is 125 Å². The zero-order chi connectivity index (χ0) is 32.8. The Morgan fingerprint density at radius 3 is 2.04 bits per heavy atom. The van der Waals surface area contributed by atoms with Crippen LogP contribution in [0.2, 0.25) is 0 Å². The van der Waals surface area contributed by atoms with Gasteiger partial charge in [-0.3, -0.25) is 0 Å². The molecule has 47 heavy (non-hydrogen) atoms. The molecule has 0 saturated carbocycles. The first-order valence-electron chi connectivity index (χ1n) is 17.2. The van der Waals surface area contributed by atoms with E-state index in [0.29, 0.717) is 0 Å². The van der Waals surface area contributed by atoms with Gasteiger partial charge < -0.3 is 9.38 Å². The van der Waals surface area contributed by atoms with Crippen LogP contribution in [0.4, 0.5) is 17.1 Å². The van der Waals surface area contributed by atoms with Crippen LogP contribution in [0.5, 0.6) is 0 Å². The topological polar surface area (TPSA) is 8.17 Å². The third kappa shape index (κ3) is 3.75. The fourth-order valence-corrected chi connectivity index (χ4v) is 8.96. The molecule has 0 spiro atoms. The molecule has 2 nitrogen and oxygen atoms in total. The Hall–Kier alpha value is -4.50. The number of hydrogen-bond donors (Lipinski definition) is 0. The van der Waals surface area contributed by atoms with E-state index < -0.39 is 0 Å². The lowest BCUT2D eigenvalue weighted by Crippen LogP contribution is -2.58. The lowest BCUT2D eigenvalue weighted by molar-refractivity contribution is 0.590. The highest BCUT2D eigenvalue weighted by Crippen LogP contribution is 2.55. The highest BCUT2D eigenvalue weighted by atomic mass is 15.2. The second-order valence-corrected chi connectivity index (χ2v) is 16.8. The SMILES string of the molecule is Cc1cc2c3c(c1)N(c1ccc(C(C)(C)C)cc1)c1ccc(C(C)(C)C)cc1B3n1c3c(c4cccc-2c41)-c1ccccc1C3(C)C. The molecule has 0 radical (unpaired) electrons. The van der Waals surface area contributed by atoms with E-state index in [-0.39, 0.29) is 23.1 Å². The van der Waals surface area contributed by atoms with Gasteiger partial charge in [-0.1, -0.05) is 128 Å². The molecule has 0 bridgehead atoms. The Morgan fingerprint density at radius 1 is 0.638 bits per heavy atom. The Bertz CT molecular complexity index is 2300. The largest absolute Gasteiger partial charge is 0.378 e. The van der Waals surface area contributed by atoms with Gasteiger partial charge in [0, 0.05) is 50.2 Å². The lowest BCUT2D eigenvalue weighted by atomic mass is 9.44. The van der Waals surface area contributed by atoms with Crippen molar-refractivity contribution < 1.29 is 0 Å². The molecule has 5 aromatic carbocycles. The Kier molecular flexibility index (Phi) is 5.56. The van der Waals surface area contributed by atoms with Crippen LogP contribution in [0.15, 0.2) is 97.1 Å². The third-order valence-corrected chi connectivity index (χ3v) is 11.3. The van der Waals surface area contributed by atoms with Crippen LogP contribution in [0.3, 0.4) is 0 Å². The molecule has 0 fully saturated rings. The average Bonchev–Trinajstić information content (AvgIpc) is 3.49. The number of hydrogen-bond acceptors (Lipinski definition) is 1. The fourth-order valence-electron chi connectivity index (χ4n) is 8.96. The predicted octanol–water partition coefficient (Wildman–Crippen LogP) is 10.3. The van der Waals surface area contributed by atoms with Gasteiger partial charge in [-0.15, -0.1) is 0 Å². The van der Waals surface area contributed by atoms with Crippen molar-refractivity contribution in [1.29, 1.82) is 0 Å². The number of rotatable bonds is 1. The minimum atomic E-state index is -0.133. The van der Waals surface area contributed by atoms with Crippen LogP contribution in [0.1, 0.15) is 83.3 Å². The number of anilines is 3. The summed E-state index contributed by atoms with van der Waals surface area (Å²) >= 11 is 0. The predicted molar refractivity (Wildman–Crippen MR) is 202 cm³/mol. The van der Waals surface area contributed by atoms with E-state index in [0.717, 1.165) is 0 Å². The van der Waals surface area contributed by atoms with E-state index in [1.807, 2.05) is 0 Å². The van der Waals surface area contributed by atoms with E-state index in [2.05, 4.69) is 169 Å². The van der Waals surface area contributed by atoms with Crippen molar-refractivity contribution in [2.75, 3.05) is 4.90 Å². The zero-order valence-corrected chi connectivity index (χ0v) is 29.2. The van der Waals surface area contributed by atoms with Gasteiger partial charge in [0.05, 0.1) is 0 Å². The second-order valence-electron chi connectivity index (χ2n) is 16.8. The van der Waals surface area contributed by atoms with Crippen molar-refractivity contribution in [2.24, 2.45) is 0 Å². The first-order chi connectivity index (χ1) is 22.3. The van der Waals surface area contributed by atoms with E-state index in [4.69, 9.17) is 0 Å². The first kappa shape index (κ1) is 28.7. The molecule has 1 aromatic heterocycles. The number of fused-ring (bicyclic) bond motifs is 9. The minimum Gasteiger partial charge on any atom is -0.378 e. The molecule has 0 atom stereocenters. The molecule has 6 aromatic rings. The van der Waals surface area contributed by atoms with Crippen molar-refractivity contribution >= 4 is 45.7 Å². The number of nitrogens with zero attached hydrogens (tertiary/aromatic N) is 2. The highest BCUT2D eigenvalue weighted by molar-refractivity contribution is 6.89. The molecule has 0 amide bonds. The molecule has 0 saturated heterocycles. The summed E-state index contributed by atoms with van der Waals surface area (Å²) < 4.78 is 2.77. The molecule has 0 N–H and O–H groups in total. The summed E-state index contributed by atoms with van der Waals surface area (Å²) in [6.07, 6.45) is 0. The maximum absolute atomic E-state index is 2.77. The maximum Gasteiger partial charge on any atom is 0.332 e. The molecule has 3 heterocycles. The van der Waals surface area contributed by atoms with Gasteiger partial charge in [-0.05, 0) is 86.3 Å². The highest BCUT2D eigenvalue weighted by Gasteiger charge is 2.48. The van der Waals surface area contributed by atoms with Crippen molar-refractivity contribution in [3.63, 3.8) is 0 Å². The molecule has 1 aliphatic carbocycles. The number of benzene rings is 5. The van der Waals surface area contributed by atoms with E-state index >= 15 is 0 Å². The van der Waals surface area contributed by atoms with E-state index in [1.54, 1.807) is 0 Å². The van der Waals surface area contributed by atoms with Gasteiger partial charge in [0.2, 0.25) is 0 Å². The Balaban J connectivity index is 1.42. The Labute approximate surface area is 280 Å². The lowest BCUT2D eigenvalue weighted by Gasteiger charge is -2.42. The third-order valence-electron chi connectivity index (χ3n) is 11.3. The van der Waals surface area contributed by atoms with Gasteiger partial charge in [0.15, 0.2) is 0 Å². The quantitative estimate of drug-likeness (QED) is 0.168. The van der Waals surface area contributed by atoms with Gasteiger partial charge >= 0.3 is 6.85 Å². The van der Waals surface area contributed by atoms with Crippen molar-refractivity contribution in [1.82, 2.24) is 4.48 Å². The number of para-hydroxylation sites is 1. The summed E-state index contributed by atoms with van der Waals surface area (Å²) in [7, 11) is 0. The zero-order valence-electron chi connectivity index (χ0n) is 29.2. The molecule has 9 rings (SSSR count). The van der Waals surface area contributed by atoms with E-state index in [9.17, 15) is 0 Å². The van der Waals surface area contributed by atoms with Crippen LogP contribution in [0.25, 0.3) is 33.2 Å². The molecule has 232 valence electrons. The van der Waals surface area contributed by atoms with Crippen LogP contribution >= 0.6 is 0 Å². The normalized spacial score (nSPS) is 15.4. The standard InChI is InChI=1S/C44H43BN2/c1-26-23-33-30-14-12-15-32-38-31-13-10-11-16-34(31)44(8,9)41(38)47(40(30)32)45-35-25-28(43(5,6)7)19-22-36(35)46(37(24-26)39(33)45)29-20-17-27(18-21-29)42(2,3)4/h10-25H,1-9H3. The van der Waals surface area contributed by atoms with Gasteiger partial charge in [0.1, 0.15) is 0 Å². The van der Waals surface area contributed by atoms with Crippen LogP contribution in [-0.4, -0.2) is 11.3 Å². The van der Waals surface area contributed by atoms with Gasteiger partial charge in [-0.25, -0.2) is 0 Å². The smallest absolute Gasteiger partial charge is 0.332 e. The average molecular weight is 611 g/mol. The summed E-state index contributed by atoms with van der Waals surface area (Å²) in [5, 5.41) is 1.37. The molecule has 3 heteroatoms. The first-order valence-corrected chi connectivity index (χ1v) is 17.2. The van der Waals surface area contributed by atoms with Gasteiger partial charge in [0.25, 0.3) is 0 Å². The summed E-state index contributed by atoms with van der Waals surface area (Å²) in [5.41, 5.74) is 20.4. The molecule has 0 unspecified atom stereocenters. The van der Waals surface area contributed by atoms with Crippen molar-refractivity contribution in [3.8, 4) is 22.3 Å². The number of aromatic nitrogens is 1. The molecule has 2 aliphatic heterocycles.